The highest BCUT2D eigenvalue weighted by molar-refractivity contribution is 7.16. The Morgan fingerprint density at radius 2 is 2.15 bits per heavy atom. The van der Waals surface area contributed by atoms with Crippen LogP contribution >= 0.6 is 34.3 Å². The zero-order valence-electron chi connectivity index (χ0n) is 11.2. The molecule has 0 aliphatic rings. The Hall–Kier alpha value is -0.830. The van der Waals surface area contributed by atoms with Crippen molar-refractivity contribution >= 4 is 34.3 Å². The van der Waals surface area contributed by atoms with E-state index >= 15 is 0 Å². The maximum atomic E-state index is 8.76. The predicted molar refractivity (Wildman–Crippen MR) is 87.4 cm³/mol. The van der Waals surface area contributed by atoms with Gasteiger partial charge in [0.2, 0.25) is 0 Å². The molecule has 2 aromatic rings. The standard InChI is InChI=1S/C15H16ClNOS2/c1-17(10-13-5-6-15(16)20-13)11-14-12(7-9-19-14)4-2-3-8-18/h5-7,9,18H,3,8,10-11H2,1H3. The molecule has 0 saturated heterocycles. The van der Waals surface area contributed by atoms with E-state index in [1.54, 1.807) is 22.7 Å². The molecule has 0 spiro atoms. The lowest BCUT2D eigenvalue weighted by molar-refractivity contribution is 0.305. The van der Waals surface area contributed by atoms with Crippen molar-refractivity contribution in [3.05, 3.63) is 43.2 Å². The quantitative estimate of drug-likeness (QED) is 0.845. The lowest BCUT2D eigenvalue weighted by Gasteiger charge is -2.14. The van der Waals surface area contributed by atoms with Gasteiger partial charge in [0.05, 0.1) is 10.9 Å². The van der Waals surface area contributed by atoms with Gasteiger partial charge < -0.3 is 5.11 Å². The first-order valence-electron chi connectivity index (χ1n) is 6.28. The van der Waals surface area contributed by atoms with Crippen molar-refractivity contribution in [2.24, 2.45) is 0 Å². The van der Waals surface area contributed by atoms with Crippen LogP contribution in [-0.2, 0) is 13.1 Å². The minimum absolute atomic E-state index is 0.117. The summed E-state index contributed by atoms with van der Waals surface area (Å²) >= 11 is 9.29. The molecule has 0 fully saturated rings. The Balaban J connectivity index is 1.96. The summed E-state index contributed by atoms with van der Waals surface area (Å²) in [6.45, 7) is 1.88. The average Bonchev–Trinajstić information content (AvgIpc) is 3.00. The van der Waals surface area contributed by atoms with E-state index in [1.165, 1.54) is 9.75 Å². The second-order valence-electron chi connectivity index (χ2n) is 4.41. The molecule has 0 saturated carbocycles. The van der Waals surface area contributed by atoms with E-state index in [2.05, 4.69) is 35.2 Å². The number of rotatable bonds is 5. The number of hydrogen-bond acceptors (Lipinski definition) is 4. The third-order valence-electron chi connectivity index (χ3n) is 2.67. The van der Waals surface area contributed by atoms with Gasteiger partial charge in [-0.25, -0.2) is 0 Å². The van der Waals surface area contributed by atoms with Crippen LogP contribution in [0.15, 0.2) is 23.6 Å². The molecule has 2 rings (SSSR count). The normalized spacial score (nSPS) is 10.6. The number of nitrogens with zero attached hydrogens (tertiary/aromatic N) is 1. The monoisotopic (exact) mass is 325 g/mol. The van der Waals surface area contributed by atoms with Gasteiger partial charge in [-0.3, -0.25) is 4.90 Å². The molecule has 0 aromatic carbocycles. The molecule has 20 heavy (non-hydrogen) atoms. The van der Waals surface area contributed by atoms with Crippen molar-refractivity contribution < 1.29 is 5.11 Å². The molecular weight excluding hydrogens is 310 g/mol. The van der Waals surface area contributed by atoms with Gasteiger partial charge in [-0.1, -0.05) is 23.4 Å². The Labute approximate surface area is 132 Å². The summed E-state index contributed by atoms with van der Waals surface area (Å²) in [5, 5.41) is 10.8. The van der Waals surface area contributed by atoms with E-state index in [0.717, 1.165) is 23.0 Å². The number of hydrogen-bond donors (Lipinski definition) is 1. The Morgan fingerprint density at radius 1 is 1.30 bits per heavy atom. The SMILES string of the molecule is CN(Cc1ccc(Cl)s1)Cc1sccc1C#CCCO. The first kappa shape index (κ1) is 15.6. The summed E-state index contributed by atoms with van der Waals surface area (Å²) < 4.78 is 0.833. The van der Waals surface area contributed by atoms with Gasteiger partial charge in [0.25, 0.3) is 0 Å². The van der Waals surface area contributed by atoms with Crippen LogP contribution < -0.4 is 0 Å². The minimum Gasteiger partial charge on any atom is -0.395 e. The van der Waals surface area contributed by atoms with Gasteiger partial charge in [0.1, 0.15) is 0 Å². The largest absolute Gasteiger partial charge is 0.395 e. The molecule has 0 aliphatic carbocycles. The molecule has 0 atom stereocenters. The van der Waals surface area contributed by atoms with Crippen molar-refractivity contribution in [1.29, 1.82) is 0 Å². The van der Waals surface area contributed by atoms with E-state index in [1.807, 2.05) is 12.1 Å². The number of thiophene rings is 2. The van der Waals surface area contributed by atoms with E-state index in [4.69, 9.17) is 16.7 Å². The van der Waals surface area contributed by atoms with Crippen molar-refractivity contribution in [3.63, 3.8) is 0 Å². The maximum Gasteiger partial charge on any atom is 0.0931 e. The van der Waals surface area contributed by atoms with Crippen molar-refractivity contribution in [1.82, 2.24) is 4.90 Å². The van der Waals surface area contributed by atoms with Gasteiger partial charge in [-0.2, -0.15) is 0 Å². The highest BCUT2D eigenvalue weighted by Gasteiger charge is 2.08. The van der Waals surface area contributed by atoms with Gasteiger partial charge in [0.15, 0.2) is 0 Å². The fourth-order valence-electron chi connectivity index (χ4n) is 1.79. The van der Waals surface area contributed by atoms with Gasteiger partial charge in [-0.15, -0.1) is 22.7 Å². The molecule has 2 aromatic heterocycles. The van der Waals surface area contributed by atoms with Crippen molar-refractivity contribution in [3.8, 4) is 11.8 Å². The molecule has 0 amide bonds. The summed E-state index contributed by atoms with van der Waals surface area (Å²) in [5.74, 6) is 6.10. The zero-order valence-corrected chi connectivity index (χ0v) is 13.6. The van der Waals surface area contributed by atoms with Gasteiger partial charge in [-0.05, 0) is 30.6 Å². The van der Waals surface area contributed by atoms with Crippen LogP contribution in [-0.4, -0.2) is 23.7 Å². The van der Waals surface area contributed by atoms with Crippen LogP contribution in [0.1, 0.15) is 21.7 Å². The smallest absolute Gasteiger partial charge is 0.0931 e. The molecule has 0 unspecified atom stereocenters. The Kier molecular flexibility index (Phi) is 6.08. The van der Waals surface area contributed by atoms with Gasteiger partial charge in [0, 0.05) is 34.8 Å². The first-order valence-corrected chi connectivity index (χ1v) is 8.35. The average molecular weight is 326 g/mol. The fraction of sp³-hybridized carbons (Fsp3) is 0.333. The third kappa shape index (κ3) is 4.62. The maximum absolute atomic E-state index is 8.76. The van der Waals surface area contributed by atoms with Crippen LogP contribution in [0.25, 0.3) is 0 Å². The Bertz CT molecular complexity index is 609. The lowest BCUT2D eigenvalue weighted by Crippen LogP contribution is -2.16. The van der Waals surface area contributed by atoms with Crippen LogP contribution in [0.4, 0.5) is 0 Å². The van der Waals surface area contributed by atoms with E-state index in [9.17, 15) is 0 Å². The Morgan fingerprint density at radius 3 is 2.85 bits per heavy atom. The molecule has 0 bridgehead atoms. The van der Waals surface area contributed by atoms with E-state index in [0.29, 0.717) is 6.42 Å². The molecule has 106 valence electrons. The molecule has 0 aliphatic heterocycles. The highest BCUT2D eigenvalue weighted by Crippen LogP contribution is 2.24. The topological polar surface area (TPSA) is 23.5 Å². The fourth-order valence-corrected chi connectivity index (χ4v) is 3.87. The molecule has 1 N–H and O–H groups in total. The summed E-state index contributed by atoms with van der Waals surface area (Å²) in [5.41, 5.74) is 1.07. The third-order valence-corrected chi connectivity index (χ3v) is 4.80. The summed E-state index contributed by atoms with van der Waals surface area (Å²) in [6, 6.07) is 6.05. The molecule has 2 heterocycles. The molecule has 0 radical (unpaired) electrons. The minimum atomic E-state index is 0.117. The van der Waals surface area contributed by atoms with Gasteiger partial charge >= 0.3 is 0 Å². The number of aliphatic hydroxyl groups is 1. The summed E-state index contributed by atoms with van der Waals surface area (Å²) in [7, 11) is 2.10. The van der Waals surface area contributed by atoms with Crippen LogP contribution in [0, 0.1) is 11.8 Å². The molecule has 5 heteroatoms. The highest BCUT2D eigenvalue weighted by atomic mass is 35.5. The molecular formula is C15H16ClNOS2. The van der Waals surface area contributed by atoms with Crippen molar-refractivity contribution in [2.75, 3.05) is 13.7 Å². The summed E-state index contributed by atoms with van der Waals surface area (Å²) in [4.78, 5) is 4.79. The zero-order chi connectivity index (χ0) is 14.4. The van der Waals surface area contributed by atoms with E-state index in [-0.39, 0.29) is 6.61 Å². The van der Waals surface area contributed by atoms with E-state index < -0.39 is 0 Å². The summed E-state index contributed by atoms with van der Waals surface area (Å²) in [6.07, 6.45) is 0.527. The van der Waals surface area contributed by atoms with Crippen LogP contribution in [0.5, 0.6) is 0 Å². The number of halogens is 1. The second kappa shape index (κ2) is 7.82. The van der Waals surface area contributed by atoms with Crippen LogP contribution in [0.3, 0.4) is 0 Å². The first-order chi connectivity index (χ1) is 9.69. The van der Waals surface area contributed by atoms with Crippen molar-refractivity contribution in [2.45, 2.75) is 19.5 Å². The predicted octanol–water partition coefficient (Wildman–Crippen LogP) is 3.83. The number of aliphatic hydroxyl groups excluding tert-OH is 1. The second-order valence-corrected chi connectivity index (χ2v) is 7.21. The molecule has 2 nitrogen and oxygen atoms in total. The lowest BCUT2D eigenvalue weighted by atomic mass is 10.2. The van der Waals surface area contributed by atoms with Crippen LogP contribution in [0.2, 0.25) is 4.34 Å².